The molecule has 0 bridgehead atoms. The van der Waals surface area contributed by atoms with Crippen LogP contribution in [0.25, 0.3) is 6.08 Å². The smallest absolute Gasteiger partial charge is 0.150 e. The van der Waals surface area contributed by atoms with Crippen molar-refractivity contribution in [2.24, 2.45) is 0 Å². The highest BCUT2D eigenvalue weighted by molar-refractivity contribution is 5.64. The van der Waals surface area contributed by atoms with Crippen molar-refractivity contribution in [1.29, 1.82) is 0 Å². The summed E-state index contributed by atoms with van der Waals surface area (Å²) in [4.78, 5) is 2.19. The first-order valence-corrected chi connectivity index (χ1v) is 6.59. The van der Waals surface area contributed by atoms with Crippen molar-refractivity contribution in [1.82, 2.24) is 0 Å². The van der Waals surface area contributed by atoms with Gasteiger partial charge in [0.25, 0.3) is 0 Å². The molecule has 1 aliphatic heterocycles. The van der Waals surface area contributed by atoms with Gasteiger partial charge in [-0.05, 0) is 35.9 Å². The van der Waals surface area contributed by atoms with E-state index in [-0.39, 0.29) is 0 Å². The lowest BCUT2D eigenvalue weighted by molar-refractivity contribution is 0.404. The second-order valence-electron chi connectivity index (χ2n) is 4.81. The third-order valence-electron chi connectivity index (χ3n) is 3.35. The number of fused-ring (bicyclic) bond motifs is 1. The van der Waals surface area contributed by atoms with E-state index in [0.717, 1.165) is 35.1 Å². The summed E-state index contributed by atoms with van der Waals surface area (Å²) in [7, 11) is 3.74. The molecular weight excluding hydrogens is 250 g/mol. The van der Waals surface area contributed by atoms with Crippen molar-refractivity contribution < 1.29 is 9.47 Å². The van der Waals surface area contributed by atoms with Gasteiger partial charge in [-0.15, -0.1) is 0 Å². The second-order valence-corrected chi connectivity index (χ2v) is 4.81. The number of nitrogens with zero attached hydrogens (tertiary/aromatic N) is 1. The van der Waals surface area contributed by atoms with Crippen LogP contribution in [-0.4, -0.2) is 20.7 Å². The summed E-state index contributed by atoms with van der Waals surface area (Å²) in [5, 5.41) is 0. The third kappa shape index (κ3) is 2.48. The average Bonchev–Trinajstić information content (AvgIpc) is 2.48. The minimum atomic E-state index is 0.767. The van der Waals surface area contributed by atoms with Gasteiger partial charge < -0.3 is 14.4 Å². The predicted molar refractivity (Wildman–Crippen MR) is 81.3 cm³/mol. The third-order valence-corrected chi connectivity index (χ3v) is 3.35. The fourth-order valence-corrected chi connectivity index (χ4v) is 2.31. The quantitative estimate of drug-likeness (QED) is 0.830. The Morgan fingerprint density at radius 2 is 1.85 bits per heavy atom. The van der Waals surface area contributed by atoms with Crippen LogP contribution >= 0.6 is 0 Å². The van der Waals surface area contributed by atoms with E-state index in [1.165, 1.54) is 0 Å². The average molecular weight is 267 g/mol. The van der Waals surface area contributed by atoms with E-state index in [4.69, 9.17) is 9.47 Å². The summed E-state index contributed by atoms with van der Waals surface area (Å²) < 4.78 is 11.1. The van der Waals surface area contributed by atoms with E-state index in [2.05, 4.69) is 24.1 Å². The molecule has 0 aliphatic carbocycles. The molecule has 0 radical (unpaired) electrons. The number of para-hydroxylation sites is 2. The molecule has 3 nitrogen and oxygen atoms in total. The Balaban J connectivity index is 1.86. The van der Waals surface area contributed by atoms with Gasteiger partial charge in [-0.25, -0.2) is 0 Å². The molecule has 0 amide bonds. The lowest BCUT2D eigenvalue weighted by Gasteiger charge is -2.29. The van der Waals surface area contributed by atoms with Crippen LogP contribution in [0.2, 0.25) is 0 Å². The zero-order valence-corrected chi connectivity index (χ0v) is 11.7. The van der Waals surface area contributed by atoms with Crippen LogP contribution in [-0.2, 0) is 0 Å². The van der Waals surface area contributed by atoms with Crippen LogP contribution < -0.4 is 14.4 Å². The summed E-state index contributed by atoms with van der Waals surface area (Å²) >= 11 is 0. The second kappa shape index (κ2) is 5.29. The molecule has 0 spiro atoms. The number of rotatable bonds is 2. The molecule has 20 heavy (non-hydrogen) atoms. The van der Waals surface area contributed by atoms with Crippen molar-refractivity contribution in [2.75, 3.05) is 25.6 Å². The van der Waals surface area contributed by atoms with E-state index in [9.17, 15) is 0 Å². The summed E-state index contributed by atoms with van der Waals surface area (Å²) in [6, 6.07) is 16.0. The van der Waals surface area contributed by atoms with Gasteiger partial charge in [0.1, 0.15) is 17.3 Å². The summed E-state index contributed by atoms with van der Waals surface area (Å²) in [6.45, 7) is 0.767. The maximum atomic E-state index is 5.95. The van der Waals surface area contributed by atoms with Crippen molar-refractivity contribution in [3.63, 3.8) is 0 Å². The minimum absolute atomic E-state index is 0.767. The van der Waals surface area contributed by atoms with Gasteiger partial charge in [-0.1, -0.05) is 24.3 Å². The molecule has 0 atom stereocenters. The largest absolute Gasteiger partial charge is 0.497 e. The summed E-state index contributed by atoms with van der Waals surface area (Å²) in [5.74, 6) is 2.71. The van der Waals surface area contributed by atoms with Gasteiger partial charge >= 0.3 is 0 Å². The number of anilines is 1. The summed E-state index contributed by atoms with van der Waals surface area (Å²) in [6.07, 6.45) is 2.06. The van der Waals surface area contributed by atoms with Gasteiger partial charge in [0, 0.05) is 7.05 Å². The molecule has 2 aromatic carbocycles. The Labute approximate surface area is 119 Å². The highest BCUT2D eigenvalue weighted by Gasteiger charge is 2.17. The van der Waals surface area contributed by atoms with Gasteiger partial charge in [-0.2, -0.15) is 0 Å². The van der Waals surface area contributed by atoms with Gasteiger partial charge in [0.15, 0.2) is 0 Å². The number of hydrogen-bond donors (Lipinski definition) is 0. The van der Waals surface area contributed by atoms with E-state index < -0.39 is 0 Å². The number of likely N-dealkylation sites (N-methyl/N-ethyl adjacent to an activating group) is 1. The van der Waals surface area contributed by atoms with Gasteiger partial charge in [0.05, 0.1) is 19.3 Å². The Morgan fingerprint density at radius 1 is 1.10 bits per heavy atom. The molecule has 1 aliphatic rings. The fraction of sp³-hybridized carbons (Fsp3) is 0.176. The molecule has 0 N–H and O–H groups in total. The highest BCUT2D eigenvalue weighted by atomic mass is 16.5. The molecule has 2 aromatic rings. The molecular formula is C17H17NO2. The Bertz CT molecular complexity index is 632. The normalized spacial score (nSPS) is 15.7. The van der Waals surface area contributed by atoms with Gasteiger partial charge in [-0.3, -0.25) is 0 Å². The summed E-state index contributed by atoms with van der Waals surface area (Å²) in [5.41, 5.74) is 2.23. The molecule has 3 rings (SSSR count). The lowest BCUT2D eigenvalue weighted by Crippen LogP contribution is -2.27. The maximum absolute atomic E-state index is 5.95. The first-order valence-electron chi connectivity index (χ1n) is 6.59. The molecule has 0 fully saturated rings. The SMILES string of the molecule is COc1ccc(/C=C2/CN(C)c3ccccc3O2)cc1. The highest BCUT2D eigenvalue weighted by Crippen LogP contribution is 2.33. The van der Waals surface area contributed by atoms with Crippen LogP contribution in [0.1, 0.15) is 5.56 Å². The first-order chi connectivity index (χ1) is 9.76. The van der Waals surface area contributed by atoms with E-state index in [1.54, 1.807) is 7.11 Å². The topological polar surface area (TPSA) is 21.7 Å². The lowest BCUT2D eigenvalue weighted by atomic mass is 10.1. The van der Waals surface area contributed by atoms with Crippen LogP contribution in [0.15, 0.2) is 54.3 Å². The van der Waals surface area contributed by atoms with E-state index in [0.29, 0.717) is 0 Å². The Hall–Kier alpha value is -2.42. The Morgan fingerprint density at radius 3 is 2.60 bits per heavy atom. The standard InChI is InChI=1S/C17H17NO2/c1-18-12-15(20-17-6-4-3-5-16(17)18)11-13-7-9-14(19-2)10-8-13/h3-11H,12H2,1-2H3/b15-11-. The van der Waals surface area contributed by atoms with Crippen molar-refractivity contribution in [2.45, 2.75) is 0 Å². The molecule has 102 valence electrons. The minimum Gasteiger partial charge on any atom is -0.497 e. The molecule has 0 unspecified atom stereocenters. The monoisotopic (exact) mass is 267 g/mol. The molecule has 1 heterocycles. The maximum Gasteiger partial charge on any atom is 0.150 e. The fourth-order valence-electron chi connectivity index (χ4n) is 2.31. The van der Waals surface area contributed by atoms with Gasteiger partial charge in [0.2, 0.25) is 0 Å². The zero-order chi connectivity index (χ0) is 13.9. The Kier molecular flexibility index (Phi) is 3.33. The molecule has 0 saturated carbocycles. The number of hydrogen-bond acceptors (Lipinski definition) is 3. The van der Waals surface area contributed by atoms with Crippen LogP contribution in [0, 0.1) is 0 Å². The molecule has 0 aromatic heterocycles. The van der Waals surface area contributed by atoms with Crippen molar-refractivity contribution in [3.8, 4) is 11.5 Å². The van der Waals surface area contributed by atoms with Crippen molar-refractivity contribution in [3.05, 3.63) is 59.9 Å². The van der Waals surface area contributed by atoms with E-state index >= 15 is 0 Å². The van der Waals surface area contributed by atoms with Crippen molar-refractivity contribution >= 4 is 11.8 Å². The number of methoxy groups -OCH3 is 1. The first kappa shape index (κ1) is 12.6. The molecule has 3 heteroatoms. The zero-order valence-electron chi connectivity index (χ0n) is 11.7. The van der Waals surface area contributed by atoms with Crippen LogP contribution in [0.5, 0.6) is 11.5 Å². The van der Waals surface area contributed by atoms with Crippen LogP contribution in [0.4, 0.5) is 5.69 Å². The van der Waals surface area contributed by atoms with Crippen LogP contribution in [0.3, 0.4) is 0 Å². The number of benzene rings is 2. The number of ether oxygens (including phenoxy) is 2. The predicted octanol–water partition coefficient (Wildman–Crippen LogP) is 3.56. The van der Waals surface area contributed by atoms with E-state index in [1.807, 2.05) is 42.5 Å². The molecule has 0 saturated heterocycles.